The summed E-state index contributed by atoms with van der Waals surface area (Å²) in [5.74, 6) is 0.400. The molecular formula is C20H24O. The predicted octanol–water partition coefficient (Wildman–Crippen LogP) is 5.38. The third-order valence-corrected chi connectivity index (χ3v) is 3.66. The van der Waals surface area contributed by atoms with Gasteiger partial charge in [0.2, 0.25) is 0 Å². The first kappa shape index (κ1) is 15.4. The molecule has 110 valence electrons. The molecule has 21 heavy (non-hydrogen) atoms. The predicted molar refractivity (Wildman–Crippen MR) is 90.5 cm³/mol. The van der Waals surface area contributed by atoms with Gasteiger partial charge in [0.1, 0.15) is 5.75 Å². The summed E-state index contributed by atoms with van der Waals surface area (Å²) in [7, 11) is 0. The minimum atomic E-state index is 0.400. The lowest BCUT2D eigenvalue weighted by Crippen LogP contribution is -1.92. The van der Waals surface area contributed by atoms with Gasteiger partial charge in [0, 0.05) is 0 Å². The van der Waals surface area contributed by atoms with Gasteiger partial charge in [-0.05, 0) is 48.1 Å². The van der Waals surface area contributed by atoms with Crippen LogP contribution >= 0.6 is 0 Å². The van der Waals surface area contributed by atoms with Gasteiger partial charge in [-0.25, -0.2) is 0 Å². The minimum Gasteiger partial charge on any atom is -0.508 e. The second kappa shape index (κ2) is 8.31. The highest BCUT2D eigenvalue weighted by Crippen LogP contribution is 2.21. The fourth-order valence-corrected chi connectivity index (χ4v) is 2.37. The topological polar surface area (TPSA) is 20.2 Å². The molecule has 2 rings (SSSR count). The maximum atomic E-state index is 10.00. The lowest BCUT2D eigenvalue weighted by molar-refractivity contribution is 0.468. The summed E-state index contributed by atoms with van der Waals surface area (Å²) in [6.07, 6.45) is 9.77. The molecule has 2 aromatic carbocycles. The Kier molecular flexibility index (Phi) is 6.08. The van der Waals surface area contributed by atoms with E-state index in [2.05, 4.69) is 49.4 Å². The largest absolute Gasteiger partial charge is 0.508 e. The van der Waals surface area contributed by atoms with Crippen LogP contribution in [0, 0.1) is 0 Å². The van der Waals surface area contributed by atoms with Crippen molar-refractivity contribution < 1.29 is 5.11 Å². The van der Waals surface area contributed by atoms with Crippen molar-refractivity contribution in [3.05, 3.63) is 71.3 Å². The van der Waals surface area contributed by atoms with E-state index >= 15 is 0 Å². The van der Waals surface area contributed by atoms with Crippen LogP contribution in [0.4, 0.5) is 0 Å². The van der Waals surface area contributed by atoms with Crippen LogP contribution in [0.25, 0.3) is 6.08 Å². The number of unbranched alkanes of at least 4 members (excludes halogenated alkanes) is 2. The van der Waals surface area contributed by atoms with E-state index in [-0.39, 0.29) is 0 Å². The first-order valence-corrected chi connectivity index (χ1v) is 7.82. The van der Waals surface area contributed by atoms with E-state index < -0.39 is 0 Å². The smallest absolute Gasteiger partial charge is 0.118 e. The number of phenolic OH excluding ortho intramolecular Hbond substituents is 1. The summed E-state index contributed by atoms with van der Waals surface area (Å²) in [6.45, 7) is 2.20. The average molecular weight is 280 g/mol. The maximum Gasteiger partial charge on any atom is 0.118 e. The van der Waals surface area contributed by atoms with Gasteiger partial charge in [-0.2, -0.15) is 0 Å². The van der Waals surface area contributed by atoms with Crippen LogP contribution in [0.1, 0.15) is 42.9 Å². The monoisotopic (exact) mass is 280 g/mol. The molecule has 0 saturated heterocycles. The van der Waals surface area contributed by atoms with Crippen LogP contribution in [-0.2, 0) is 12.8 Å². The van der Waals surface area contributed by atoms with Gasteiger partial charge in [0.15, 0.2) is 0 Å². The fraction of sp³-hybridized carbons (Fsp3) is 0.300. The Balaban J connectivity index is 2.00. The number of aromatic hydroxyl groups is 1. The number of hydrogen-bond acceptors (Lipinski definition) is 1. The Bertz CT molecular complexity index is 570. The summed E-state index contributed by atoms with van der Waals surface area (Å²) < 4.78 is 0. The highest BCUT2D eigenvalue weighted by atomic mass is 16.3. The van der Waals surface area contributed by atoms with Gasteiger partial charge in [0.25, 0.3) is 0 Å². The zero-order valence-electron chi connectivity index (χ0n) is 12.8. The molecule has 0 unspecified atom stereocenters. The Hall–Kier alpha value is -2.02. The third-order valence-electron chi connectivity index (χ3n) is 3.66. The molecule has 0 aliphatic rings. The van der Waals surface area contributed by atoms with E-state index in [9.17, 15) is 5.11 Å². The van der Waals surface area contributed by atoms with Crippen molar-refractivity contribution in [2.75, 3.05) is 0 Å². The van der Waals surface area contributed by atoms with Gasteiger partial charge in [0.05, 0.1) is 0 Å². The SMILES string of the molecule is CCCC/C=C/c1ccc(O)c(CCc2ccccc2)c1. The molecule has 0 spiro atoms. The fourth-order valence-electron chi connectivity index (χ4n) is 2.37. The summed E-state index contributed by atoms with van der Waals surface area (Å²) >= 11 is 0. The molecular weight excluding hydrogens is 256 g/mol. The number of benzene rings is 2. The first-order valence-electron chi connectivity index (χ1n) is 7.82. The van der Waals surface area contributed by atoms with E-state index in [0.29, 0.717) is 5.75 Å². The molecule has 0 aliphatic heterocycles. The van der Waals surface area contributed by atoms with Crippen LogP contribution < -0.4 is 0 Å². The van der Waals surface area contributed by atoms with E-state index in [0.717, 1.165) is 24.8 Å². The third kappa shape index (κ3) is 5.11. The quantitative estimate of drug-likeness (QED) is 0.675. The van der Waals surface area contributed by atoms with Crippen molar-refractivity contribution in [3.8, 4) is 5.75 Å². The number of phenols is 1. The number of rotatable bonds is 7. The molecule has 1 N–H and O–H groups in total. The standard InChI is InChI=1S/C20H24O/c1-2-3-4-6-11-18-13-15-20(21)19(16-18)14-12-17-9-7-5-8-10-17/h5-11,13,15-16,21H,2-4,12,14H2,1H3/b11-6+. The molecule has 0 aliphatic carbocycles. The molecule has 1 nitrogen and oxygen atoms in total. The van der Waals surface area contributed by atoms with Crippen LogP contribution in [-0.4, -0.2) is 5.11 Å². The van der Waals surface area contributed by atoms with Gasteiger partial charge in [-0.3, -0.25) is 0 Å². The lowest BCUT2D eigenvalue weighted by Gasteiger charge is -2.06. The summed E-state index contributed by atoms with van der Waals surface area (Å²) in [4.78, 5) is 0. The average Bonchev–Trinajstić information content (AvgIpc) is 2.53. The van der Waals surface area contributed by atoms with Crippen molar-refractivity contribution in [1.82, 2.24) is 0 Å². The van der Waals surface area contributed by atoms with Crippen molar-refractivity contribution in [2.45, 2.75) is 39.0 Å². The molecule has 0 aromatic heterocycles. The summed E-state index contributed by atoms with van der Waals surface area (Å²) in [5.41, 5.74) is 3.50. The molecule has 1 heteroatoms. The van der Waals surface area contributed by atoms with Crippen molar-refractivity contribution >= 4 is 6.08 Å². The zero-order valence-corrected chi connectivity index (χ0v) is 12.8. The van der Waals surface area contributed by atoms with Gasteiger partial charge < -0.3 is 5.11 Å². The Labute approximate surface area is 128 Å². The van der Waals surface area contributed by atoms with Crippen molar-refractivity contribution in [2.24, 2.45) is 0 Å². The van der Waals surface area contributed by atoms with Crippen LogP contribution in [0.5, 0.6) is 5.75 Å². The lowest BCUT2D eigenvalue weighted by atomic mass is 10.0. The van der Waals surface area contributed by atoms with Crippen LogP contribution in [0.2, 0.25) is 0 Å². The zero-order chi connectivity index (χ0) is 14.9. The van der Waals surface area contributed by atoms with Crippen molar-refractivity contribution in [3.63, 3.8) is 0 Å². The molecule has 0 radical (unpaired) electrons. The van der Waals surface area contributed by atoms with Gasteiger partial charge in [-0.15, -0.1) is 0 Å². The normalized spacial score (nSPS) is 11.1. The number of aryl methyl sites for hydroxylation is 2. The molecule has 0 saturated carbocycles. The molecule has 0 amide bonds. The maximum absolute atomic E-state index is 10.00. The molecule has 0 bridgehead atoms. The van der Waals surface area contributed by atoms with Crippen LogP contribution in [0.3, 0.4) is 0 Å². The van der Waals surface area contributed by atoms with Crippen LogP contribution in [0.15, 0.2) is 54.6 Å². The molecule has 0 heterocycles. The number of hydrogen-bond donors (Lipinski definition) is 1. The van der Waals surface area contributed by atoms with Gasteiger partial charge >= 0.3 is 0 Å². The van der Waals surface area contributed by atoms with E-state index in [4.69, 9.17) is 0 Å². The minimum absolute atomic E-state index is 0.400. The van der Waals surface area contributed by atoms with Gasteiger partial charge in [-0.1, -0.05) is 68.3 Å². The Morgan fingerprint density at radius 1 is 1.00 bits per heavy atom. The first-order chi connectivity index (χ1) is 10.3. The Morgan fingerprint density at radius 3 is 2.57 bits per heavy atom. The molecule has 0 fully saturated rings. The van der Waals surface area contributed by atoms with E-state index in [1.165, 1.54) is 24.0 Å². The summed E-state index contributed by atoms with van der Waals surface area (Å²) in [6, 6.07) is 16.3. The van der Waals surface area contributed by atoms with E-state index in [1.54, 1.807) is 6.07 Å². The second-order valence-electron chi connectivity index (χ2n) is 5.42. The Morgan fingerprint density at radius 2 is 1.81 bits per heavy atom. The highest BCUT2D eigenvalue weighted by molar-refractivity contribution is 5.53. The number of allylic oxidation sites excluding steroid dienone is 1. The second-order valence-corrected chi connectivity index (χ2v) is 5.42. The summed E-state index contributed by atoms with van der Waals surface area (Å²) in [5, 5.41) is 10.00. The van der Waals surface area contributed by atoms with Crippen molar-refractivity contribution in [1.29, 1.82) is 0 Å². The molecule has 0 atom stereocenters. The highest BCUT2D eigenvalue weighted by Gasteiger charge is 2.02. The van der Waals surface area contributed by atoms with E-state index in [1.807, 2.05) is 12.1 Å². The molecule has 2 aromatic rings.